The van der Waals surface area contributed by atoms with Crippen LogP contribution in [0.3, 0.4) is 0 Å². The number of fused-ring (bicyclic) bond motifs is 1. The quantitative estimate of drug-likeness (QED) is 0.767. The molecule has 0 unspecified atom stereocenters. The first-order chi connectivity index (χ1) is 11.3. The second kappa shape index (κ2) is 5.87. The van der Waals surface area contributed by atoms with Crippen LogP contribution in [-0.4, -0.2) is 42.3 Å². The Morgan fingerprint density at radius 3 is 2.75 bits per heavy atom. The minimum Gasteiger partial charge on any atom is -0.310 e. The van der Waals surface area contributed by atoms with Crippen molar-refractivity contribution in [1.29, 1.82) is 0 Å². The van der Waals surface area contributed by atoms with E-state index in [-0.39, 0.29) is 23.0 Å². The maximum Gasteiger partial charge on any atom is 0.345 e. The molecule has 10 heteroatoms. The molecule has 0 saturated heterocycles. The Bertz CT molecular complexity index is 960. The molecule has 0 saturated carbocycles. The molecule has 0 aliphatic carbocycles. The van der Waals surface area contributed by atoms with E-state index in [4.69, 9.17) is 0 Å². The summed E-state index contributed by atoms with van der Waals surface area (Å²) < 4.78 is 28.5. The molecule has 9 nitrogen and oxygen atoms in total. The number of anilines is 1. The van der Waals surface area contributed by atoms with Gasteiger partial charge in [-0.1, -0.05) is 6.07 Å². The van der Waals surface area contributed by atoms with Gasteiger partial charge < -0.3 is 4.90 Å². The van der Waals surface area contributed by atoms with Gasteiger partial charge in [-0.25, -0.2) is 22.6 Å². The smallest absolute Gasteiger partial charge is 0.310 e. The van der Waals surface area contributed by atoms with Crippen molar-refractivity contribution in [2.75, 3.05) is 18.5 Å². The number of amides is 1. The van der Waals surface area contributed by atoms with Gasteiger partial charge in [-0.3, -0.25) is 9.36 Å². The van der Waals surface area contributed by atoms with Gasteiger partial charge in [-0.15, -0.1) is 0 Å². The van der Waals surface area contributed by atoms with E-state index in [0.717, 1.165) is 10.2 Å². The van der Waals surface area contributed by atoms with Crippen LogP contribution < -0.4 is 15.3 Å². The first kappa shape index (κ1) is 16.4. The van der Waals surface area contributed by atoms with E-state index >= 15 is 0 Å². The predicted octanol–water partition coefficient (Wildman–Crippen LogP) is -0.921. The number of carbonyl (C=O) groups excluding carboxylic acids is 1. The van der Waals surface area contributed by atoms with Crippen LogP contribution in [0.1, 0.15) is 5.56 Å². The zero-order valence-corrected chi connectivity index (χ0v) is 14.1. The van der Waals surface area contributed by atoms with Crippen LogP contribution in [0, 0.1) is 0 Å². The first-order valence-corrected chi connectivity index (χ1v) is 8.77. The number of hydrogen-bond donors (Lipinski definition) is 1. The number of aryl methyl sites for hydroxylation is 1. The topological polar surface area (TPSA) is 106 Å². The van der Waals surface area contributed by atoms with Crippen molar-refractivity contribution in [2.45, 2.75) is 17.9 Å². The van der Waals surface area contributed by atoms with Gasteiger partial charge in [0.25, 0.3) is 0 Å². The summed E-state index contributed by atoms with van der Waals surface area (Å²) in [5, 5.41) is 3.87. The zero-order valence-electron chi connectivity index (χ0n) is 13.3. The number of carbonyl (C=O) groups is 1. The molecule has 3 rings (SSSR count). The molecule has 2 aromatic rings. The lowest BCUT2D eigenvalue weighted by atomic mass is 10.2. The third kappa shape index (κ3) is 2.74. The second-order valence-electron chi connectivity index (χ2n) is 5.48. The Balaban J connectivity index is 1.91. The summed E-state index contributed by atoms with van der Waals surface area (Å²) in [6.45, 7) is 0.251. The first-order valence-electron chi connectivity index (χ1n) is 7.29. The third-order valence-electron chi connectivity index (χ3n) is 4.00. The van der Waals surface area contributed by atoms with Gasteiger partial charge in [-0.2, -0.15) is 5.10 Å². The van der Waals surface area contributed by atoms with E-state index in [9.17, 15) is 18.0 Å². The maximum atomic E-state index is 12.5. The molecule has 1 aliphatic heterocycles. The Labute approximate surface area is 138 Å². The zero-order chi connectivity index (χ0) is 17.5. The molecule has 1 N–H and O–H groups in total. The van der Waals surface area contributed by atoms with E-state index in [2.05, 4.69) is 9.82 Å². The molecule has 0 fully saturated rings. The molecule has 1 amide bonds. The number of benzene rings is 1. The monoisotopic (exact) mass is 351 g/mol. The number of rotatable bonds is 4. The number of aromatic nitrogens is 3. The molecule has 2 heterocycles. The van der Waals surface area contributed by atoms with E-state index in [1.165, 1.54) is 35.0 Å². The van der Waals surface area contributed by atoms with Gasteiger partial charge in [0.15, 0.2) is 0 Å². The lowest BCUT2D eigenvalue weighted by molar-refractivity contribution is -0.119. The van der Waals surface area contributed by atoms with Crippen LogP contribution in [0.15, 0.2) is 34.2 Å². The normalized spacial score (nSPS) is 14.0. The number of nitrogens with one attached hydrogen (secondary N) is 1. The molecule has 1 aromatic heterocycles. The maximum absolute atomic E-state index is 12.5. The van der Waals surface area contributed by atoms with Gasteiger partial charge in [-0.05, 0) is 31.2 Å². The molecular formula is C14H17N5O4S. The highest BCUT2D eigenvalue weighted by atomic mass is 32.2. The van der Waals surface area contributed by atoms with Crippen molar-refractivity contribution in [1.82, 2.24) is 19.1 Å². The minimum absolute atomic E-state index is 0.0958. The fraction of sp³-hybridized carbons (Fsp3) is 0.357. The highest BCUT2D eigenvalue weighted by Gasteiger charge is 2.27. The fourth-order valence-electron chi connectivity index (χ4n) is 2.65. The van der Waals surface area contributed by atoms with Crippen molar-refractivity contribution in [3.63, 3.8) is 0 Å². The SMILES string of the molecule is CNS(=O)(=O)c1ccc2c(c1)N(C(=O)Cn1ncn(C)c1=O)CC2. The highest BCUT2D eigenvalue weighted by molar-refractivity contribution is 7.89. The van der Waals surface area contributed by atoms with E-state index in [0.29, 0.717) is 18.7 Å². The van der Waals surface area contributed by atoms with Crippen molar-refractivity contribution in [2.24, 2.45) is 7.05 Å². The summed E-state index contributed by atoms with van der Waals surface area (Å²) in [5.74, 6) is -0.312. The van der Waals surface area contributed by atoms with Crippen LogP contribution in [0.25, 0.3) is 0 Å². The summed E-state index contributed by atoms with van der Waals surface area (Å²) in [6, 6.07) is 4.70. The summed E-state index contributed by atoms with van der Waals surface area (Å²) >= 11 is 0. The van der Waals surface area contributed by atoms with E-state index in [1.807, 2.05) is 0 Å². The Morgan fingerprint density at radius 1 is 1.38 bits per heavy atom. The van der Waals surface area contributed by atoms with Crippen LogP contribution in [0.2, 0.25) is 0 Å². The Hall–Kier alpha value is -2.46. The summed E-state index contributed by atoms with van der Waals surface area (Å²) in [5.41, 5.74) is 1.07. The van der Waals surface area contributed by atoms with E-state index < -0.39 is 10.0 Å². The van der Waals surface area contributed by atoms with Crippen molar-refractivity contribution < 1.29 is 13.2 Å². The Kier molecular flexibility index (Phi) is 4.01. The molecular weight excluding hydrogens is 334 g/mol. The van der Waals surface area contributed by atoms with Crippen molar-refractivity contribution in [3.05, 3.63) is 40.6 Å². The molecule has 0 spiro atoms. The average molecular weight is 351 g/mol. The molecule has 0 bridgehead atoms. The molecule has 128 valence electrons. The summed E-state index contributed by atoms with van der Waals surface area (Å²) in [4.78, 5) is 25.9. The lowest BCUT2D eigenvalue weighted by Gasteiger charge is -2.17. The third-order valence-corrected chi connectivity index (χ3v) is 5.42. The van der Waals surface area contributed by atoms with Crippen LogP contribution in [-0.2, 0) is 34.8 Å². The fourth-order valence-corrected chi connectivity index (χ4v) is 3.40. The van der Waals surface area contributed by atoms with Gasteiger partial charge in [0.2, 0.25) is 15.9 Å². The summed E-state index contributed by atoms with van der Waals surface area (Å²) in [6.07, 6.45) is 1.98. The molecule has 1 aromatic carbocycles. The van der Waals surface area contributed by atoms with Gasteiger partial charge >= 0.3 is 5.69 Å². The van der Waals surface area contributed by atoms with E-state index in [1.54, 1.807) is 13.1 Å². The second-order valence-corrected chi connectivity index (χ2v) is 7.36. The number of sulfonamides is 1. The van der Waals surface area contributed by atoms with Crippen molar-refractivity contribution >= 4 is 21.6 Å². The lowest BCUT2D eigenvalue weighted by Crippen LogP contribution is -2.36. The highest BCUT2D eigenvalue weighted by Crippen LogP contribution is 2.30. The van der Waals surface area contributed by atoms with Crippen LogP contribution >= 0.6 is 0 Å². The van der Waals surface area contributed by atoms with Gasteiger partial charge in [0.1, 0.15) is 12.9 Å². The van der Waals surface area contributed by atoms with Crippen molar-refractivity contribution in [3.8, 4) is 0 Å². The number of nitrogens with zero attached hydrogens (tertiary/aromatic N) is 4. The minimum atomic E-state index is -3.59. The Morgan fingerprint density at radius 2 is 2.12 bits per heavy atom. The molecule has 1 aliphatic rings. The van der Waals surface area contributed by atoms with Crippen LogP contribution in [0.4, 0.5) is 5.69 Å². The average Bonchev–Trinajstić information content (AvgIpc) is 3.12. The standard InChI is InChI=1S/C14H17N5O4S/c1-15-24(22,23)11-4-3-10-5-6-18(12(10)7-11)13(20)8-19-14(21)17(2)9-16-19/h3-4,7,9,15H,5-6,8H2,1-2H3. The van der Waals surface area contributed by atoms with Crippen LogP contribution in [0.5, 0.6) is 0 Å². The largest absolute Gasteiger partial charge is 0.345 e. The molecule has 0 atom stereocenters. The molecule has 24 heavy (non-hydrogen) atoms. The molecule has 0 radical (unpaired) electrons. The van der Waals surface area contributed by atoms with Gasteiger partial charge in [0.05, 0.1) is 4.90 Å². The van der Waals surface area contributed by atoms with Gasteiger partial charge in [0, 0.05) is 19.3 Å². The number of hydrogen-bond acceptors (Lipinski definition) is 5. The summed E-state index contributed by atoms with van der Waals surface area (Å²) in [7, 11) is -0.706. The predicted molar refractivity (Wildman–Crippen MR) is 86.2 cm³/mol.